The predicted molar refractivity (Wildman–Crippen MR) is 77.9 cm³/mol. The fourth-order valence-corrected chi connectivity index (χ4v) is 2.52. The van der Waals surface area contributed by atoms with Crippen LogP contribution in [0.25, 0.3) is 0 Å². The van der Waals surface area contributed by atoms with Crippen LogP contribution in [0.1, 0.15) is 32.6 Å². The first kappa shape index (κ1) is 13.6. The smallest absolute Gasteiger partial charge is 0.273 e. The molecule has 0 spiro atoms. The van der Waals surface area contributed by atoms with Gasteiger partial charge in [0.2, 0.25) is 0 Å². The Balaban J connectivity index is 2.28. The molecule has 1 fully saturated rings. The van der Waals surface area contributed by atoms with Crippen LogP contribution >= 0.6 is 0 Å². The maximum absolute atomic E-state index is 11.0. The molecule has 0 saturated carbocycles. The SMILES string of the molecule is CCNc1cc(N2CCCCCC2)cc([N+](=O)[O-])c1. The summed E-state index contributed by atoms with van der Waals surface area (Å²) in [5, 5.41) is 14.2. The standard InChI is InChI=1S/C14H21N3O2/c1-2-15-12-9-13(11-14(10-12)17(18)19)16-7-5-3-4-6-8-16/h9-11,15H,2-8H2,1H3. The Morgan fingerprint density at radius 3 is 2.47 bits per heavy atom. The lowest BCUT2D eigenvalue weighted by Crippen LogP contribution is -2.24. The number of nitro benzene ring substituents is 1. The van der Waals surface area contributed by atoms with Gasteiger partial charge in [0.05, 0.1) is 4.92 Å². The fraction of sp³-hybridized carbons (Fsp3) is 0.571. The van der Waals surface area contributed by atoms with E-state index in [0.29, 0.717) is 0 Å². The number of nitrogens with zero attached hydrogens (tertiary/aromatic N) is 2. The van der Waals surface area contributed by atoms with Crippen LogP contribution in [0.15, 0.2) is 18.2 Å². The highest BCUT2D eigenvalue weighted by atomic mass is 16.6. The summed E-state index contributed by atoms with van der Waals surface area (Å²) in [6.07, 6.45) is 4.84. The summed E-state index contributed by atoms with van der Waals surface area (Å²) in [6.45, 7) is 4.74. The first-order chi connectivity index (χ1) is 9.20. The van der Waals surface area contributed by atoms with Crippen molar-refractivity contribution in [3.63, 3.8) is 0 Å². The van der Waals surface area contributed by atoms with Gasteiger partial charge in [-0.05, 0) is 25.8 Å². The van der Waals surface area contributed by atoms with Crippen molar-refractivity contribution in [2.45, 2.75) is 32.6 Å². The zero-order valence-electron chi connectivity index (χ0n) is 11.4. The van der Waals surface area contributed by atoms with Gasteiger partial charge in [0, 0.05) is 43.1 Å². The molecule has 0 radical (unpaired) electrons. The maximum Gasteiger partial charge on any atom is 0.273 e. The van der Waals surface area contributed by atoms with E-state index in [1.807, 2.05) is 13.0 Å². The summed E-state index contributed by atoms with van der Waals surface area (Å²) in [5.74, 6) is 0. The minimum Gasteiger partial charge on any atom is -0.385 e. The van der Waals surface area contributed by atoms with Gasteiger partial charge in [0.15, 0.2) is 0 Å². The average Bonchev–Trinajstić information content (AvgIpc) is 2.67. The molecular weight excluding hydrogens is 242 g/mol. The summed E-state index contributed by atoms with van der Waals surface area (Å²) in [6, 6.07) is 5.30. The van der Waals surface area contributed by atoms with Gasteiger partial charge in [-0.2, -0.15) is 0 Å². The third-order valence-electron chi connectivity index (χ3n) is 3.47. The second kappa shape index (κ2) is 6.41. The number of rotatable bonds is 4. The predicted octanol–water partition coefficient (Wildman–Crippen LogP) is 3.41. The molecule has 19 heavy (non-hydrogen) atoms. The van der Waals surface area contributed by atoms with Crippen LogP contribution in [0.4, 0.5) is 17.1 Å². The third kappa shape index (κ3) is 3.59. The summed E-state index contributed by atoms with van der Waals surface area (Å²) < 4.78 is 0. The van der Waals surface area contributed by atoms with Crippen molar-refractivity contribution in [2.24, 2.45) is 0 Å². The molecule has 0 aromatic heterocycles. The largest absolute Gasteiger partial charge is 0.385 e. The zero-order chi connectivity index (χ0) is 13.7. The first-order valence-corrected chi connectivity index (χ1v) is 6.99. The number of hydrogen-bond acceptors (Lipinski definition) is 4. The molecule has 2 rings (SSSR count). The summed E-state index contributed by atoms with van der Waals surface area (Å²) in [5.41, 5.74) is 1.96. The fourth-order valence-electron chi connectivity index (χ4n) is 2.52. The number of hydrogen-bond donors (Lipinski definition) is 1. The quantitative estimate of drug-likeness (QED) is 0.668. The van der Waals surface area contributed by atoms with Crippen LogP contribution in [0.2, 0.25) is 0 Å². The van der Waals surface area contributed by atoms with E-state index in [1.165, 1.54) is 25.7 Å². The van der Waals surface area contributed by atoms with Crippen molar-refractivity contribution in [1.29, 1.82) is 0 Å². The lowest BCUT2D eigenvalue weighted by atomic mass is 10.2. The maximum atomic E-state index is 11.0. The molecule has 5 nitrogen and oxygen atoms in total. The first-order valence-electron chi connectivity index (χ1n) is 6.99. The van der Waals surface area contributed by atoms with E-state index in [2.05, 4.69) is 10.2 Å². The minimum absolute atomic E-state index is 0.165. The number of nitrogens with one attached hydrogen (secondary N) is 1. The van der Waals surface area contributed by atoms with Crippen molar-refractivity contribution in [2.75, 3.05) is 29.9 Å². The van der Waals surface area contributed by atoms with Crippen LogP contribution < -0.4 is 10.2 Å². The zero-order valence-corrected chi connectivity index (χ0v) is 11.4. The van der Waals surface area contributed by atoms with E-state index in [-0.39, 0.29) is 10.6 Å². The molecule has 5 heteroatoms. The lowest BCUT2D eigenvalue weighted by molar-refractivity contribution is -0.384. The molecule has 1 aliphatic rings. The van der Waals surface area contributed by atoms with Crippen molar-refractivity contribution in [3.05, 3.63) is 28.3 Å². The molecule has 1 aromatic rings. The van der Waals surface area contributed by atoms with Gasteiger partial charge in [-0.1, -0.05) is 12.8 Å². The molecule has 0 atom stereocenters. The van der Waals surface area contributed by atoms with Gasteiger partial charge in [0.1, 0.15) is 0 Å². The summed E-state index contributed by atoms with van der Waals surface area (Å²) >= 11 is 0. The third-order valence-corrected chi connectivity index (χ3v) is 3.47. The van der Waals surface area contributed by atoms with Gasteiger partial charge in [-0.25, -0.2) is 0 Å². The highest BCUT2D eigenvalue weighted by molar-refractivity contribution is 5.64. The molecule has 1 aromatic carbocycles. The van der Waals surface area contributed by atoms with E-state index in [1.54, 1.807) is 12.1 Å². The topological polar surface area (TPSA) is 58.4 Å². The Kier molecular flexibility index (Phi) is 4.60. The molecule has 1 heterocycles. The van der Waals surface area contributed by atoms with Gasteiger partial charge in [-0.15, -0.1) is 0 Å². The highest BCUT2D eigenvalue weighted by Crippen LogP contribution is 2.28. The molecule has 1 N–H and O–H groups in total. The average molecular weight is 263 g/mol. The second-order valence-corrected chi connectivity index (χ2v) is 4.93. The van der Waals surface area contributed by atoms with E-state index in [9.17, 15) is 10.1 Å². The van der Waals surface area contributed by atoms with Crippen LogP contribution in [-0.4, -0.2) is 24.6 Å². The monoisotopic (exact) mass is 263 g/mol. The van der Waals surface area contributed by atoms with Crippen LogP contribution in [0.5, 0.6) is 0 Å². The van der Waals surface area contributed by atoms with Crippen molar-refractivity contribution < 1.29 is 4.92 Å². The van der Waals surface area contributed by atoms with Gasteiger partial charge < -0.3 is 10.2 Å². The molecule has 0 aliphatic carbocycles. The molecule has 104 valence electrons. The lowest BCUT2D eigenvalue weighted by Gasteiger charge is -2.23. The minimum atomic E-state index is -0.317. The Morgan fingerprint density at radius 2 is 1.89 bits per heavy atom. The normalized spacial score (nSPS) is 15.9. The Morgan fingerprint density at radius 1 is 1.21 bits per heavy atom. The van der Waals surface area contributed by atoms with Gasteiger partial charge >= 0.3 is 0 Å². The van der Waals surface area contributed by atoms with E-state index in [4.69, 9.17) is 0 Å². The van der Waals surface area contributed by atoms with E-state index >= 15 is 0 Å². The molecule has 0 bridgehead atoms. The molecule has 0 unspecified atom stereocenters. The number of anilines is 2. The molecule has 1 saturated heterocycles. The second-order valence-electron chi connectivity index (χ2n) is 4.93. The van der Waals surface area contributed by atoms with E-state index < -0.39 is 0 Å². The molecular formula is C14H21N3O2. The summed E-state index contributed by atoms with van der Waals surface area (Å²) in [7, 11) is 0. The van der Waals surface area contributed by atoms with Crippen molar-refractivity contribution >= 4 is 17.1 Å². The Bertz CT molecular complexity index is 440. The van der Waals surface area contributed by atoms with Gasteiger partial charge in [0.25, 0.3) is 5.69 Å². The van der Waals surface area contributed by atoms with Crippen LogP contribution in [0.3, 0.4) is 0 Å². The number of benzene rings is 1. The van der Waals surface area contributed by atoms with Gasteiger partial charge in [-0.3, -0.25) is 10.1 Å². The molecule has 0 amide bonds. The molecule has 1 aliphatic heterocycles. The van der Waals surface area contributed by atoms with Crippen molar-refractivity contribution in [1.82, 2.24) is 0 Å². The van der Waals surface area contributed by atoms with Crippen LogP contribution in [0, 0.1) is 10.1 Å². The number of non-ortho nitro benzene ring substituents is 1. The Hall–Kier alpha value is -1.78. The highest BCUT2D eigenvalue weighted by Gasteiger charge is 2.15. The van der Waals surface area contributed by atoms with Crippen molar-refractivity contribution in [3.8, 4) is 0 Å². The van der Waals surface area contributed by atoms with E-state index in [0.717, 1.165) is 31.0 Å². The van der Waals surface area contributed by atoms with Crippen LogP contribution in [-0.2, 0) is 0 Å². The Labute approximate surface area is 113 Å². The summed E-state index contributed by atoms with van der Waals surface area (Å²) in [4.78, 5) is 13.0. The number of nitro groups is 1.